The van der Waals surface area contributed by atoms with E-state index in [0.717, 1.165) is 22.2 Å². The highest BCUT2D eigenvalue weighted by Crippen LogP contribution is 2.31. The summed E-state index contributed by atoms with van der Waals surface area (Å²) < 4.78 is 0. The second kappa shape index (κ2) is 5.74. The van der Waals surface area contributed by atoms with Gasteiger partial charge in [0.25, 0.3) is 0 Å². The lowest BCUT2D eigenvalue weighted by atomic mass is 10.1. The lowest BCUT2D eigenvalue weighted by Crippen LogP contribution is -1.96. The number of rotatable bonds is 2. The number of benzene rings is 2. The molecule has 0 bridgehead atoms. The van der Waals surface area contributed by atoms with Gasteiger partial charge in [-0.2, -0.15) is 0 Å². The Morgan fingerprint density at radius 2 is 1.62 bits per heavy atom. The van der Waals surface area contributed by atoms with Crippen LogP contribution in [0.4, 0.5) is 0 Å². The van der Waals surface area contributed by atoms with Crippen molar-refractivity contribution in [1.82, 2.24) is 15.0 Å². The highest BCUT2D eigenvalue weighted by Gasteiger charge is 2.12. The topological polar surface area (TPSA) is 58.9 Å². The number of aromatic hydroxyl groups is 1. The Morgan fingerprint density at radius 1 is 0.833 bits per heavy atom. The molecule has 0 aliphatic heterocycles. The molecule has 0 saturated heterocycles. The van der Waals surface area contributed by atoms with Crippen molar-refractivity contribution < 1.29 is 5.11 Å². The average Bonchev–Trinajstić information content (AvgIpc) is 2.62. The summed E-state index contributed by atoms with van der Waals surface area (Å²) in [5, 5.41) is 11.1. The number of pyridine rings is 1. The van der Waals surface area contributed by atoms with E-state index in [1.165, 1.54) is 0 Å². The fourth-order valence-corrected chi connectivity index (χ4v) is 2.70. The Bertz CT molecular complexity index is 1040. The molecule has 0 radical (unpaired) electrons. The van der Waals surface area contributed by atoms with E-state index in [1.807, 2.05) is 55.5 Å². The molecule has 0 amide bonds. The van der Waals surface area contributed by atoms with Crippen LogP contribution in [0.25, 0.3) is 33.7 Å². The molecule has 4 aromatic rings. The maximum atomic E-state index is 10.1. The van der Waals surface area contributed by atoms with Crippen molar-refractivity contribution in [2.24, 2.45) is 0 Å². The standard InChI is InChI=1S/C20H15N3O/c1-13-10-11-17(22-19(13)15-7-3-5-9-18(15)24)20-21-12-14-6-2-4-8-16(14)23-20/h2-12,24H,1H3. The molecule has 2 aromatic heterocycles. The van der Waals surface area contributed by atoms with E-state index in [4.69, 9.17) is 4.98 Å². The monoisotopic (exact) mass is 313 g/mol. The maximum absolute atomic E-state index is 10.1. The molecule has 0 aliphatic carbocycles. The molecule has 0 spiro atoms. The van der Waals surface area contributed by atoms with Crippen LogP contribution < -0.4 is 0 Å². The molecule has 0 fully saturated rings. The Labute approximate surface area is 139 Å². The Hall–Kier alpha value is -3.27. The van der Waals surface area contributed by atoms with Gasteiger partial charge in [0, 0.05) is 17.1 Å². The fourth-order valence-electron chi connectivity index (χ4n) is 2.70. The first kappa shape index (κ1) is 14.3. The van der Waals surface area contributed by atoms with Gasteiger partial charge in [-0.3, -0.25) is 0 Å². The number of phenolic OH excluding ortho intramolecular Hbond substituents is 1. The summed E-state index contributed by atoms with van der Waals surface area (Å²) in [5.41, 5.74) is 4.00. The summed E-state index contributed by atoms with van der Waals surface area (Å²) in [4.78, 5) is 13.7. The van der Waals surface area contributed by atoms with Crippen molar-refractivity contribution in [1.29, 1.82) is 0 Å². The summed E-state index contributed by atoms with van der Waals surface area (Å²) >= 11 is 0. The molecule has 0 unspecified atom stereocenters. The SMILES string of the molecule is Cc1ccc(-c2ncc3ccccc3n2)nc1-c1ccccc1O. The largest absolute Gasteiger partial charge is 0.507 e. The zero-order valence-electron chi connectivity index (χ0n) is 13.1. The van der Waals surface area contributed by atoms with Crippen LogP contribution in [0.15, 0.2) is 66.9 Å². The van der Waals surface area contributed by atoms with E-state index in [1.54, 1.807) is 18.3 Å². The predicted octanol–water partition coefficient (Wildman–Crippen LogP) is 4.37. The minimum Gasteiger partial charge on any atom is -0.507 e. The van der Waals surface area contributed by atoms with Gasteiger partial charge in [0.2, 0.25) is 0 Å². The van der Waals surface area contributed by atoms with Gasteiger partial charge in [0.05, 0.1) is 11.2 Å². The van der Waals surface area contributed by atoms with Crippen LogP contribution in [0.1, 0.15) is 5.56 Å². The number of aromatic nitrogens is 3. The lowest BCUT2D eigenvalue weighted by molar-refractivity contribution is 0.477. The molecule has 0 saturated carbocycles. The number of para-hydroxylation sites is 2. The first-order valence-electron chi connectivity index (χ1n) is 7.70. The van der Waals surface area contributed by atoms with Gasteiger partial charge in [0.15, 0.2) is 5.82 Å². The Balaban J connectivity index is 1.87. The lowest BCUT2D eigenvalue weighted by Gasteiger charge is -2.09. The van der Waals surface area contributed by atoms with Crippen molar-refractivity contribution in [3.63, 3.8) is 0 Å². The summed E-state index contributed by atoms with van der Waals surface area (Å²) in [6.07, 6.45) is 1.80. The van der Waals surface area contributed by atoms with E-state index in [0.29, 0.717) is 17.1 Å². The molecule has 116 valence electrons. The minimum absolute atomic E-state index is 0.213. The summed E-state index contributed by atoms with van der Waals surface area (Å²) in [6, 6.07) is 18.9. The number of hydrogen-bond acceptors (Lipinski definition) is 4. The fraction of sp³-hybridized carbons (Fsp3) is 0.0500. The summed E-state index contributed by atoms with van der Waals surface area (Å²) in [7, 11) is 0. The molecule has 1 N–H and O–H groups in total. The average molecular weight is 313 g/mol. The quantitative estimate of drug-likeness (QED) is 0.597. The molecular formula is C20H15N3O. The normalized spacial score (nSPS) is 10.9. The van der Waals surface area contributed by atoms with Crippen molar-refractivity contribution >= 4 is 10.9 Å². The van der Waals surface area contributed by atoms with Crippen LogP contribution >= 0.6 is 0 Å². The van der Waals surface area contributed by atoms with E-state index in [9.17, 15) is 5.11 Å². The van der Waals surface area contributed by atoms with Crippen LogP contribution in [-0.4, -0.2) is 20.1 Å². The molecule has 2 aromatic carbocycles. The van der Waals surface area contributed by atoms with Crippen LogP contribution in [0.2, 0.25) is 0 Å². The molecule has 4 heteroatoms. The van der Waals surface area contributed by atoms with Crippen LogP contribution in [-0.2, 0) is 0 Å². The van der Waals surface area contributed by atoms with Gasteiger partial charge in [-0.05, 0) is 36.8 Å². The molecule has 0 aliphatic rings. The Kier molecular flexibility index (Phi) is 3.43. The van der Waals surface area contributed by atoms with Crippen LogP contribution in [0.5, 0.6) is 5.75 Å². The van der Waals surface area contributed by atoms with Gasteiger partial charge >= 0.3 is 0 Å². The summed E-state index contributed by atoms with van der Waals surface area (Å²) in [5.74, 6) is 0.787. The molecule has 24 heavy (non-hydrogen) atoms. The third kappa shape index (κ3) is 2.48. The van der Waals surface area contributed by atoms with E-state index < -0.39 is 0 Å². The molecule has 0 atom stereocenters. The van der Waals surface area contributed by atoms with Gasteiger partial charge in [-0.25, -0.2) is 15.0 Å². The predicted molar refractivity (Wildman–Crippen MR) is 94.6 cm³/mol. The molecule has 4 rings (SSSR count). The van der Waals surface area contributed by atoms with E-state index in [-0.39, 0.29) is 5.75 Å². The minimum atomic E-state index is 0.213. The first-order chi connectivity index (χ1) is 11.7. The van der Waals surface area contributed by atoms with Gasteiger partial charge < -0.3 is 5.11 Å². The highest BCUT2D eigenvalue weighted by atomic mass is 16.3. The van der Waals surface area contributed by atoms with Crippen LogP contribution in [0, 0.1) is 6.92 Å². The number of phenols is 1. The first-order valence-corrected chi connectivity index (χ1v) is 7.70. The third-order valence-corrected chi connectivity index (χ3v) is 3.97. The summed E-state index contributed by atoms with van der Waals surface area (Å²) in [6.45, 7) is 1.97. The second-order valence-electron chi connectivity index (χ2n) is 5.63. The van der Waals surface area contributed by atoms with Gasteiger partial charge in [0.1, 0.15) is 11.4 Å². The molecule has 2 heterocycles. The highest BCUT2D eigenvalue weighted by molar-refractivity contribution is 5.79. The second-order valence-corrected chi connectivity index (χ2v) is 5.63. The van der Waals surface area contributed by atoms with E-state index in [2.05, 4.69) is 9.97 Å². The van der Waals surface area contributed by atoms with Crippen molar-refractivity contribution in [3.05, 3.63) is 72.4 Å². The number of hydrogen-bond donors (Lipinski definition) is 1. The van der Waals surface area contributed by atoms with Crippen LogP contribution in [0.3, 0.4) is 0 Å². The van der Waals surface area contributed by atoms with Crippen molar-refractivity contribution in [2.45, 2.75) is 6.92 Å². The van der Waals surface area contributed by atoms with Crippen molar-refractivity contribution in [2.75, 3.05) is 0 Å². The Morgan fingerprint density at radius 3 is 2.50 bits per heavy atom. The zero-order chi connectivity index (χ0) is 16.5. The van der Waals surface area contributed by atoms with E-state index >= 15 is 0 Å². The van der Waals surface area contributed by atoms with Gasteiger partial charge in [-0.1, -0.05) is 36.4 Å². The number of aryl methyl sites for hydroxylation is 1. The maximum Gasteiger partial charge on any atom is 0.178 e. The number of nitrogens with zero attached hydrogens (tertiary/aromatic N) is 3. The van der Waals surface area contributed by atoms with Gasteiger partial charge in [-0.15, -0.1) is 0 Å². The number of fused-ring (bicyclic) bond motifs is 1. The zero-order valence-corrected chi connectivity index (χ0v) is 13.1. The smallest absolute Gasteiger partial charge is 0.178 e. The van der Waals surface area contributed by atoms with Crippen molar-refractivity contribution in [3.8, 4) is 28.5 Å². The molecular weight excluding hydrogens is 298 g/mol. The molecule has 4 nitrogen and oxygen atoms in total. The third-order valence-electron chi connectivity index (χ3n) is 3.97.